The molecule has 1 aliphatic rings. The fraction of sp³-hybridized carbons (Fsp3) is 0.412. The van der Waals surface area contributed by atoms with Gasteiger partial charge in [0, 0.05) is 18.7 Å². The van der Waals surface area contributed by atoms with E-state index in [1.807, 2.05) is 0 Å². The highest BCUT2D eigenvalue weighted by Gasteiger charge is 2.32. The average Bonchev–Trinajstić information content (AvgIpc) is 2.68. The van der Waals surface area contributed by atoms with Crippen LogP contribution in [0.3, 0.4) is 0 Å². The number of rotatable bonds is 6. The number of sulfonamides is 1. The first-order chi connectivity index (χ1) is 12.9. The number of ether oxygens (including phenoxy) is 3. The average molecular weight is 397 g/mol. The lowest BCUT2D eigenvalue weighted by Crippen LogP contribution is -2.44. The number of hydrogen-bond donors (Lipinski definition) is 0. The minimum atomic E-state index is -3.84. The fourth-order valence-electron chi connectivity index (χ4n) is 2.83. The molecule has 8 nitrogen and oxygen atoms in total. The molecular weight excluding hydrogens is 377 g/mol. The van der Waals surface area contributed by atoms with E-state index in [0.717, 1.165) is 6.07 Å². The normalized spacial score (nSPS) is 18.1. The summed E-state index contributed by atoms with van der Waals surface area (Å²) in [5.41, 5.74) is 0. The van der Waals surface area contributed by atoms with Gasteiger partial charge in [-0.1, -0.05) is 0 Å². The van der Waals surface area contributed by atoms with E-state index in [2.05, 4.69) is 10.2 Å². The molecule has 1 aromatic carbocycles. The Balaban J connectivity index is 1.73. The Kier molecular flexibility index (Phi) is 5.76. The van der Waals surface area contributed by atoms with E-state index in [1.54, 1.807) is 12.1 Å². The zero-order chi connectivity index (χ0) is 19.4. The Morgan fingerprint density at radius 3 is 2.48 bits per heavy atom. The fourth-order valence-corrected chi connectivity index (χ4v) is 4.35. The van der Waals surface area contributed by atoms with Crippen molar-refractivity contribution < 1.29 is 27.0 Å². The lowest BCUT2D eigenvalue weighted by Gasteiger charge is -2.31. The Labute approximate surface area is 156 Å². The zero-order valence-corrected chi connectivity index (χ0v) is 15.8. The van der Waals surface area contributed by atoms with Crippen molar-refractivity contribution in [3.05, 3.63) is 36.1 Å². The smallest absolute Gasteiger partial charge is 0.243 e. The quantitative estimate of drug-likeness (QED) is 0.735. The predicted molar refractivity (Wildman–Crippen MR) is 93.9 cm³/mol. The van der Waals surface area contributed by atoms with Gasteiger partial charge in [-0.15, -0.1) is 10.2 Å². The summed E-state index contributed by atoms with van der Waals surface area (Å²) >= 11 is 0. The van der Waals surface area contributed by atoms with E-state index in [4.69, 9.17) is 14.2 Å². The van der Waals surface area contributed by atoms with Crippen molar-refractivity contribution in [2.45, 2.75) is 23.8 Å². The van der Waals surface area contributed by atoms with Crippen LogP contribution in [0.1, 0.15) is 12.8 Å². The van der Waals surface area contributed by atoms with Gasteiger partial charge in [0.2, 0.25) is 21.8 Å². The summed E-state index contributed by atoms with van der Waals surface area (Å²) in [4.78, 5) is -0.120. The second-order valence-electron chi connectivity index (χ2n) is 5.96. The molecule has 2 aromatic rings. The second-order valence-corrected chi connectivity index (χ2v) is 7.89. The number of methoxy groups -OCH3 is 2. The van der Waals surface area contributed by atoms with Crippen LogP contribution in [0.25, 0.3) is 0 Å². The van der Waals surface area contributed by atoms with E-state index < -0.39 is 15.8 Å². The van der Waals surface area contributed by atoms with Crippen LogP contribution in [0.5, 0.6) is 17.5 Å². The van der Waals surface area contributed by atoms with Crippen LogP contribution in [0.2, 0.25) is 0 Å². The summed E-state index contributed by atoms with van der Waals surface area (Å²) in [6.45, 7) is 0.480. The summed E-state index contributed by atoms with van der Waals surface area (Å²) in [5, 5.41) is 7.71. The van der Waals surface area contributed by atoms with Gasteiger partial charge in [-0.25, -0.2) is 12.8 Å². The molecule has 146 valence electrons. The van der Waals surface area contributed by atoms with Crippen molar-refractivity contribution in [3.8, 4) is 17.5 Å². The lowest BCUT2D eigenvalue weighted by molar-refractivity contribution is 0.123. The van der Waals surface area contributed by atoms with E-state index in [9.17, 15) is 12.8 Å². The molecule has 2 heterocycles. The van der Waals surface area contributed by atoms with Gasteiger partial charge in [-0.05, 0) is 31.0 Å². The van der Waals surface area contributed by atoms with Crippen molar-refractivity contribution in [1.82, 2.24) is 14.5 Å². The van der Waals surface area contributed by atoms with Crippen molar-refractivity contribution in [1.29, 1.82) is 0 Å². The summed E-state index contributed by atoms with van der Waals surface area (Å²) in [7, 11) is -1.04. The molecule has 27 heavy (non-hydrogen) atoms. The van der Waals surface area contributed by atoms with Gasteiger partial charge < -0.3 is 14.2 Å². The first kappa shape index (κ1) is 19.3. The number of benzene rings is 1. The van der Waals surface area contributed by atoms with E-state index in [-0.39, 0.29) is 29.2 Å². The molecule has 1 aromatic heterocycles. The van der Waals surface area contributed by atoms with Crippen LogP contribution in [0.15, 0.2) is 35.2 Å². The molecule has 0 spiro atoms. The van der Waals surface area contributed by atoms with Crippen LogP contribution in [0.4, 0.5) is 4.39 Å². The van der Waals surface area contributed by atoms with Crippen LogP contribution in [-0.4, -0.2) is 56.3 Å². The number of nitrogens with zero attached hydrogens (tertiary/aromatic N) is 3. The van der Waals surface area contributed by atoms with Crippen LogP contribution in [0, 0.1) is 5.82 Å². The van der Waals surface area contributed by atoms with Gasteiger partial charge in [0.15, 0.2) is 11.6 Å². The zero-order valence-electron chi connectivity index (χ0n) is 15.0. The topological polar surface area (TPSA) is 90.9 Å². The molecule has 3 rings (SSSR count). The van der Waals surface area contributed by atoms with Gasteiger partial charge in [-0.3, -0.25) is 0 Å². The molecule has 0 N–H and O–H groups in total. The summed E-state index contributed by atoms with van der Waals surface area (Å²) in [6, 6.07) is 6.81. The van der Waals surface area contributed by atoms with Gasteiger partial charge >= 0.3 is 0 Å². The van der Waals surface area contributed by atoms with Gasteiger partial charge in [0.05, 0.1) is 25.7 Å². The van der Waals surface area contributed by atoms with E-state index >= 15 is 0 Å². The maximum absolute atomic E-state index is 13.9. The third-order valence-electron chi connectivity index (χ3n) is 4.21. The first-order valence-electron chi connectivity index (χ1n) is 8.32. The molecule has 0 bridgehead atoms. The maximum atomic E-state index is 13.9. The SMILES string of the molecule is COc1ccc(OC2CCCN(S(=O)(=O)c3ccc(OC)c(F)c3)C2)nn1. The largest absolute Gasteiger partial charge is 0.494 e. The molecule has 10 heteroatoms. The third-order valence-corrected chi connectivity index (χ3v) is 6.08. The lowest BCUT2D eigenvalue weighted by atomic mass is 10.1. The summed E-state index contributed by atoms with van der Waals surface area (Å²) in [5.74, 6) is -0.0870. The van der Waals surface area contributed by atoms with Gasteiger partial charge in [0.1, 0.15) is 6.10 Å². The molecule has 1 fully saturated rings. The molecule has 0 amide bonds. The minimum Gasteiger partial charge on any atom is -0.494 e. The van der Waals surface area contributed by atoms with E-state index in [1.165, 1.54) is 30.7 Å². The predicted octanol–water partition coefficient (Wildman–Crippen LogP) is 1.86. The van der Waals surface area contributed by atoms with Crippen molar-refractivity contribution in [3.63, 3.8) is 0 Å². The molecule has 1 aliphatic heterocycles. The maximum Gasteiger partial charge on any atom is 0.243 e. The summed E-state index contributed by atoms with van der Waals surface area (Å²) in [6.07, 6.45) is 0.919. The standard InChI is InChI=1S/C17H20FN3O5S/c1-24-15-6-5-13(10-14(15)18)27(22,23)21-9-3-4-12(11-21)26-17-8-7-16(25-2)19-20-17/h5-8,10,12H,3-4,9,11H2,1-2H3. The second kappa shape index (κ2) is 8.05. The Morgan fingerprint density at radius 2 is 1.85 bits per heavy atom. The highest BCUT2D eigenvalue weighted by molar-refractivity contribution is 7.89. The minimum absolute atomic E-state index is 0.00751. The molecular formula is C17H20FN3O5S. The number of piperidine rings is 1. The molecule has 1 unspecified atom stereocenters. The van der Waals surface area contributed by atoms with Crippen molar-refractivity contribution in [2.24, 2.45) is 0 Å². The van der Waals surface area contributed by atoms with Crippen molar-refractivity contribution >= 4 is 10.0 Å². The van der Waals surface area contributed by atoms with Gasteiger partial charge in [-0.2, -0.15) is 4.31 Å². The third kappa shape index (κ3) is 4.28. The van der Waals surface area contributed by atoms with Crippen LogP contribution in [-0.2, 0) is 10.0 Å². The molecule has 1 atom stereocenters. The Bertz CT molecular complexity index is 892. The number of aromatic nitrogens is 2. The molecule has 0 radical (unpaired) electrons. The van der Waals surface area contributed by atoms with Gasteiger partial charge in [0.25, 0.3) is 0 Å². The molecule has 0 saturated carbocycles. The molecule has 1 saturated heterocycles. The Hall–Kier alpha value is -2.46. The number of hydrogen-bond acceptors (Lipinski definition) is 7. The van der Waals surface area contributed by atoms with Crippen LogP contribution < -0.4 is 14.2 Å². The van der Waals surface area contributed by atoms with Crippen LogP contribution >= 0.6 is 0 Å². The highest BCUT2D eigenvalue weighted by Crippen LogP contribution is 2.26. The highest BCUT2D eigenvalue weighted by atomic mass is 32.2. The molecule has 0 aliphatic carbocycles. The number of halogens is 1. The van der Waals surface area contributed by atoms with Crippen molar-refractivity contribution in [2.75, 3.05) is 27.3 Å². The first-order valence-corrected chi connectivity index (χ1v) is 9.76. The Morgan fingerprint density at radius 1 is 1.11 bits per heavy atom. The van der Waals surface area contributed by atoms with E-state index in [0.29, 0.717) is 25.3 Å². The summed E-state index contributed by atoms with van der Waals surface area (Å²) < 4.78 is 56.4. The monoisotopic (exact) mass is 397 g/mol.